The van der Waals surface area contributed by atoms with Gasteiger partial charge in [-0.15, -0.1) is 0 Å². The summed E-state index contributed by atoms with van der Waals surface area (Å²) in [4.78, 5) is 7.66. The van der Waals surface area contributed by atoms with E-state index < -0.39 is 12.7 Å². The fourth-order valence-electron chi connectivity index (χ4n) is 2.20. The minimum Gasteiger partial charge on any atom is -0.356 e. The molecule has 19 heavy (non-hydrogen) atoms. The number of aliphatic imine (C=N–C) groups is 1. The molecule has 1 rings (SSSR count). The Bertz CT molecular complexity index is 285. The summed E-state index contributed by atoms with van der Waals surface area (Å²) in [6, 6.07) is 0. The Morgan fingerprint density at radius 2 is 1.95 bits per heavy atom. The van der Waals surface area contributed by atoms with Crippen LogP contribution in [0.5, 0.6) is 0 Å². The summed E-state index contributed by atoms with van der Waals surface area (Å²) in [6.07, 6.45) is -1.10. The van der Waals surface area contributed by atoms with Gasteiger partial charge in [-0.25, -0.2) is 0 Å². The van der Waals surface area contributed by atoms with Gasteiger partial charge in [-0.1, -0.05) is 0 Å². The Morgan fingerprint density at radius 1 is 1.32 bits per heavy atom. The predicted molar refractivity (Wildman–Crippen MR) is 70.3 cm³/mol. The zero-order valence-corrected chi connectivity index (χ0v) is 11.6. The summed E-state index contributed by atoms with van der Waals surface area (Å²) >= 11 is 0. The van der Waals surface area contributed by atoms with Gasteiger partial charge in [0.2, 0.25) is 0 Å². The van der Waals surface area contributed by atoms with E-state index >= 15 is 0 Å². The van der Waals surface area contributed by atoms with E-state index in [1.807, 2.05) is 0 Å². The van der Waals surface area contributed by atoms with Crippen LogP contribution in [-0.2, 0) is 0 Å². The highest BCUT2D eigenvalue weighted by atomic mass is 19.4. The summed E-state index contributed by atoms with van der Waals surface area (Å²) in [6.45, 7) is 2.23. The van der Waals surface area contributed by atoms with Gasteiger partial charge in [0.05, 0.1) is 6.54 Å². The highest BCUT2D eigenvalue weighted by molar-refractivity contribution is 5.80. The first-order valence-corrected chi connectivity index (χ1v) is 6.63. The molecule has 0 bridgehead atoms. The maximum absolute atomic E-state index is 12.1. The number of hydrogen-bond acceptors (Lipinski definition) is 2. The molecule has 1 aliphatic rings. The second kappa shape index (κ2) is 7.57. The second-order valence-corrected chi connectivity index (χ2v) is 4.87. The summed E-state index contributed by atoms with van der Waals surface area (Å²) < 4.78 is 36.4. The van der Waals surface area contributed by atoms with Gasteiger partial charge >= 0.3 is 6.18 Å². The number of nitrogens with zero attached hydrogens (tertiary/aromatic N) is 3. The minimum absolute atomic E-state index is 0.420. The highest BCUT2D eigenvalue weighted by Crippen LogP contribution is 2.15. The van der Waals surface area contributed by atoms with Crippen LogP contribution in [0.1, 0.15) is 19.3 Å². The van der Waals surface area contributed by atoms with Crippen LogP contribution in [0, 0.1) is 0 Å². The normalized spacial score (nSPS) is 17.4. The molecule has 1 saturated heterocycles. The van der Waals surface area contributed by atoms with E-state index in [1.165, 1.54) is 24.8 Å². The molecule has 0 atom stereocenters. The summed E-state index contributed by atoms with van der Waals surface area (Å²) in [5, 5.41) is 3.20. The van der Waals surface area contributed by atoms with Gasteiger partial charge in [0, 0.05) is 26.7 Å². The molecule has 0 radical (unpaired) electrons. The minimum atomic E-state index is -4.12. The number of likely N-dealkylation sites (tertiary alicyclic amines) is 1. The van der Waals surface area contributed by atoms with Crippen molar-refractivity contribution >= 4 is 5.96 Å². The first-order chi connectivity index (χ1) is 8.92. The van der Waals surface area contributed by atoms with Crippen molar-refractivity contribution in [3.05, 3.63) is 0 Å². The van der Waals surface area contributed by atoms with Gasteiger partial charge in [-0.05, 0) is 32.9 Å². The summed E-state index contributed by atoms with van der Waals surface area (Å²) in [5.41, 5.74) is 0. The van der Waals surface area contributed by atoms with Gasteiger partial charge in [-0.2, -0.15) is 13.2 Å². The molecule has 1 aliphatic heterocycles. The third-order valence-corrected chi connectivity index (χ3v) is 3.07. The van der Waals surface area contributed by atoms with Crippen molar-refractivity contribution in [2.45, 2.75) is 25.4 Å². The molecule has 0 saturated carbocycles. The molecule has 0 spiro atoms. The van der Waals surface area contributed by atoms with Crippen LogP contribution in [0.15, 0.2) is 4.99 Å². The van der Waals surface area contributed by atoms with Crippen molar-refractivity contribution in [2.24, 2.45) is 4.99 Å². The van der Waals surface area contributed by atoms with Gasteiger partial charge in [0.25, 0.3) is 0 Å². The lowest BCUT2D eigenvalue weighted by Gasteiger charge is -2.22. The van der Waals surface area contributed by atoms with Crippen LogP contribution >= 0.6 is 0 Å². The Morgan fingerprint density at radius 3 is 2.47 bits per heavy atom. The molecule has 7 heteroatoms. The summed E-state index contributed by atoms with van der Waals surface area (Å²) in [5.74, 6) is 0.857. The van der Waals surface area contributed by atoms with Crippen molar-refractivity contribution in [1.82, 2.24) is 15.1 Å². The van der Waals surface area contributed by atoms with Crippen molar-refractivity contribution in [3.8, 4) is 0 Å². The molecule has 0 aromatic carbocycles. The van der Waals surface area contributed by atoms with Crippen LogP contribution in [0.4, 0.5) is 13.2 Å². The van der Waals surface area contributed by atoms with Crippen LogP contribution in [-0.4, -0.2) is 68.8 Å². The first kappa shape index (κ1) is 16.1. The zero-order chi connectivity index (χ0) is 14.3. The molecule has 0 amide bonds. The first-order valence-electron chi connectivity index (χ1n) is 6.63. The van der Waals surface area contributed by atoms with E-state index in [0.29, 0.717) is 19.5 Å². The van der Waals surface area contributed by atoms with Crippen molar-refractivity contribution in [3.63, 3.8) is 0 Å². The van der Waals surface area contributed by atoms with Gasteiger partial charge in [-0.3, -0.25) is 9.89 Å². The van der Waals surface area contributed by atoms with Crippen LogP contribution in [0.2, 0.25) is 0 Å². The maximum atomic E-state index is 12.1. The standard InChI is InChI=1S/C12H23F3N4/c1-16-11(19-8-3-4-9-19)17-6-5-7-18(2)10-12(13,14)15/h3-10H2,1-2H3,(H,16,17). The highest BCUT2D eigenvalue weighted by Gasteiger charge is 2.28. The van der Waals surface area contributed by atoms with E-state index in [4.69, 9.17) is 0 Å². The van der Waals surface area contributed by atoms with Crippen LogP contribution in [0.25, 0.3) is 0 Å². The largest absolute Gasteiger partial charge is 0.401 e. The fourth-order valence-corrected chi connectivity index (χ4v) is 2.20. The third-order valence-electron chi connectivity index (χ3n) is 3.07. The molecule has 112 valence electrons. The zero-order valence-electron chi connectivity index (χ0n) is 11.6. The van der Waals surface area contributed by atoms with E-state index in [9.17, 15) is 13.2 Å². The number of nitrogens with one attached hydrogen (secondary N) is 1. The SMILES string of the molecule is CN=C(NCCCN(C)CC(F)(F)F)N1CCCC1. The topological polar surface area (TPSA) is 30.9 Å². The summed E-state index contributed by atoms with van der Waals surface area (Å²) in [7, 11) is 3.22. The average Bonchev–Trinajstić information content (AvgIpc) is 2.80. The molecular weight excluding hydrogens is 257 g/mol. The molecule has 0 aliphatic carbocycles. The molecule has 1 fully saturated rings. The number of rotatable bonds is 5. The third kappa shape index (κ3) is 6.66. The van der Waals surface area contributed by atoms with Crippen LogP contribution in [0.3, 0.4) is 0 Å². The number of hydrogen-bond donors (Lipinski definition) is 1. The van der Waals surface area contributed by atoms with Crippen molar-refractivity contribution in [1.29, 1.82) is 0 Å². The monoisotopic (exact) mass is 280 g/mol. The Labute approximate surface area is 112 Å². The van der Waals surface area contributed by atoms with E-state index in [1.54, 1.807) is 7.05 Å². The fraction of sp³-hybridized carbons (Fsp3) is 0.917. The van der Waals surface area contributed by atoms with E-state index in [-0.39, 0.29) is 0 Å². The van der Waals surface area contributed by atoms with Gasteiger partial charge in [0.1, 0.15) is 0 Å². The molecule has 1 N–H and O–H groups in total. The van der Waals surface area contributed by atoms with E-state index in [2.05, 4.69) is 15.2 Å². The van der Waals surface area contributed by atoms with Crippen molar-refractivity contribution < 1.29 is 13.2 Å². The van der Waals surface area contributed by atoms with E-state index in [0.717, 1.165) is 19.0 Å². The number of halogens is 3. The Hall–Kier alpha value is -0.980. The van der Waals surface area contributed by atoms with Gasteiger partial charge < -0.3 is 10.2 Å². The number of alkyl halides is 3. The molecule has 4 nitrogen and oxygen atoms in total. The van der Waals surface area contributed by atoms with Gasteiger partial charge in [0.15, 0.2) is 5.96 Å². The molecule has 1 heterocycles. The number of guanidine groups is 1. The average molecular weight is 280 g/mol. The van der Waals surface area contributed by atoms with Crippen molar-refractivity contribution in [2.75, 3.05) is 46.8 Å². The lowest BCUT2D eigenvalue weighted by atomic mass is 10.4. The quantitative estimate of drug-likeness (QED) is 0.471. The molecular formula is C12H23F3N4. The second-order valence-electron chi connectivity index (χ2n) is 4.87. The molecule has 0 aromatic heterocycles. The lowest BCUT2D eigenvalue weighted by Crippen LogP contribution is -2.41. The predicted octanol–water partition coefficient (Wildman–Crippen LogP) is 1.54. The Balaban J connectivity index is 2.15. The molecule has 0 aromatic rings. The molecule has 0 unspecified atom stereocenters. The smallest absolute Gasteiger partial charge is 0.356 e. The maximum Gasteiger partial charge on any atom is 0.401 e. The lowest BCUT2D eigenvalue weighted by molar-refractivity contribution is -0.143. The van der Waals surface area contributed by atoms with Crippen LogP contribution < -0.4 is 5.32 Å². The Kier molecular flexibility index (Phi) is 6.41.